The monoisotopic (exact) mass is 474 g/mol. The summed E-state index contributed by atoms with van der Waals surface area (Å²) in [7, 11) is 2.91. The van der Waals surface area contributed by atoms with Crippen LogP contribution in [0.5, 0.6) is 11.6 Å². The summed E-state index contributed by atoms with van der Waals surface area (Å²) in [5.74, 6) is 0.620. The van der Waals surface area contributed by atoms with E-state index in [1.807, 2.05) is 43.3 Å². The predicted molar refractivity (Wildman–Crippen MR) is 127 cm³/mol. The number of carbonyl (C=O) groups is 1. The van der Waals surface area contributed by atoms with Crippen molar-refractivity contribution in [3.63, 3.8) is 0 Å². The smallest absolute Gasteiger partial charge is 0.343 e. The number of aromatic nitrogens is 1. The van der Waals surface area contributed by atoms with Gasteiger partial charge in [-0.2, -0.15) is 0 Å². The Balaban J connectivity index is 1.79. The molecule has 32 heavy (non-hydrogen) atoms. The van der Waals surface area contributed by atoms with Crippen molar-refractivity contribution in [1.29, 1.82) is 0 Å². The summed E-state index contributed by atoms with van der Waals surface area (Å²) in [6, 6.07) is 14.8. The summed E-state index contributed by atoms with van der Waals surface area (Å²) in [6.45, 7) is 2.45. The second-order valence-corrected chi connectivity index (χ2v) is 7.84. The van der Waals surface area contributed by atoms with Crippen LogP contribution in [0.1, 0.15) is 11.1 Å². The first-order chi connectivity index (χ1) is 15.4. The normalized spacial score (nSPS) is 10.5. The van der Waals surface area contributed by atoms with Crippen LogP contribution < -0.4 is 14.8 Å². The zero-order valence-electron chi connectivity index (χ0n) is 18.1. The topological polar surface area (TPSA) is 69.7 Å². The Labute approximate surface area is 197 Å². The highest BCUT2D eigenvalue weighted by Gasteiger charge is 2.12. The molecule has 0 aliphatic heterocycles. The first kappa shape index (κ1) is 23.7. The zero-order valence-corrected chi connectivity index (χ0v) is 19.6. The molecule has 0 unspecified atom stereocenters. The second kappa shape index (κ2) is 11.1. The molecule has 0 bridgehead atoms. The van der Waals surface area contributed by atoms with Crippen molar-refractivity contribution < 1.29 is 19.0 Å². The van der Waals surface area contributed by atoms with Gasteiger partial charge in [0.15, 0.2) is 6.61 Å². The van der Waals surface area contributed by atoms with E-state index in [0.29, 0.717) is 33.9 Å². The van der Waals surface area contributed by atoms with Gasteiger partial charge in [-0.1, -0.05) is 41.4 Å². The third-order valence-corrected chi connectivity index (χ3v) is 5.45. The van der Waals surface area contributed by atoms with E-state index in [9.17, 15) is 4.79 Å². The van der Waals surface area contributed by atoms with Gasteiger partial charge in [0.25, 0.3) is 0 Å². The minimum Gasteiger partial charge on any atom is -0.482 e. The van der Waals surface area contributed by atoms with Crippen molar-refractivity contribution >= 4 is 34.9 Å². The van der Waals surface area contributed by atoms with Crippen LogP contribution in [-0.2, 0) is 16.0 Å². The van der Waals surface area contributed by atoms with Gasteiger partial charge in [-0.25, -0.2) is 9.78 Å². The van der Waals surface area contributed by atoms with E-state index in [4.69, 9.17) is 32.7 Å². The van der Waals surface area contributed by atoms with Crippen molar-refractivity contribution in [3.05, 3.63) is 69.7 Å². The van der Waals surface area contributed by atoms with Crippen molar-refractivity contribution in [3.8, 4) is 22.9 Å². The van der Waals surface area contributed by atoms with E-state index in [0.717, 1.165) is 28.8 Å². The molecule has 168 valence electrons. The number of pyridine rings is 1. The highest BCUT2D eigenvalue weighted by atomic mass is 35.5. The van der Waals surface area contributed by atoms with Gasteiger partial charge in [0, 0.05) is 33.4 Å². The highest BCUT2D eigenvalue weighted by molar-refractivity contribution is 6.35. The largest absolute Gasteiger partial charge is 0.482 e. The number of methoxy groups -OCH3 is 2. The molecule has 0 radical (unpaired) electrons. The maximum Gasteiger partial charge on any atom is 0.343 e. The van der Waals surface area contributed by atoms with E-state index in [2.05, 4.69) is 15.0 Å². The van der Waals surface area contributed by atoms with Crippen LogP contribution >= 0.6 is 23.2 Å². The lowest BCUT2D eigenvalue weighted by atomic mass is 10.1. The van der Waals surface area contributed by atoms with E-state index in [1.165, 1.54) is 7.11 Å². The summed E-state index contributed by atoms with van der Waals surface area (Å²) in [4.78, 5) is 16.0. The molecule has 3 aromatic rings. The summed E-state index contributed by atoms with van der Waals surface area (Å²) in [6.07, 6.45) is 0.728. The fourth-order valence-electron chi connectivity index (χ4n) is 3.12. The number of benzene rings is 2. The fourth-order valence-corrected chi connectivity index (χ4v) is 3.62. The molecule has 1 N–H and O–H groups in total. The number of ether oxygens (including phenoxy) is 3. The van der Waals surface area contributed by atoms with E-state index < -0.39 is 5.97 Å². The standard InChI is InChI=1S/C24H24Cl2N2O4/c1-15-21(27-10-9-16-7-8-18(25)12-20(16)26)13-22(28-24(15)31-3)17-5-4-6-19(11-17)32-14-23(29)30-2/h4-8,11-13H,9-10,14H2,1-3H3,(H,27,28). The average Bonchev–Trinajstić information content (AvgIpc) is 2.80. The second-order valence-electron chi connectivity index (χ2n) is 6.99. The third-order valence-electron chi connectivity index (χ3n) is 4.86. The number of rotatable bonds is 9. The number of halogens is 2. The van der Waals surface area contributed by atoms with Crippen LogP contribution in [0.2, 0.25) is 10.0 Å². The van der Waals surface area contributed by atoms with Gasteiger partial charge in [-0.3, -0.25) is 0 Å². The number of nitrogens with one attached hydrogen (secondary N) is 1. The summed E-state index contributed by atoms with van der Waals surface area (Å²) in [5, 5.41) is 4.71. The average molecular weight is 475 g/mol. The molecule has 1 aromatic heterocycles. The lowest BCUT2D eigenvalue weighted by molar-refractivity contribution is -0.142. The molecule has 2 aromatic carbocycles. The molecule has 0 spiro atoms. The first-order valence-electron chi connectivity index (χ1n) is 9.94. The van der Waals surface area contributed by atoms with E-state index in [1.54, 1.807) is 19.2 Å². The van der Waals surface area contributed by atoms with Gasteiger partial charge in [0.1, 0.15) is 5.75 Å². The number of hydrogen-bond acceptors (Lipinski definition) is 6. The Morgan fingerprint density at radius 3 is 2.62 bits per heavy atom. The Morgan fingerprint density at radius 2 is 1.91 bits per heavy atom. The molecular weight excluding hydrogens is 451 g/mol. The Hall–Kier alpha value is -2.96. The van der Waals surface area contributed by atoms with Gasteiger partial charge < -0.3 is 19.5 Å². The summed E-state index contributed by atoms with van der Waals surface area (Å²) < 4.78 is 15.6. The maximum atomic E-state index is 11.3. The minimum absolute atomic E-state index is 0.162. The van der Waals surface area contributed by atoms with Gasteiger partial charge in [0.05, 0.1) is 19.9 Å². The Kier molecular flexibility index (Phi) is 8.20. The van der Waals surface area contributed by atoms with E-state index in [-0.39, 0.29) is 6.61 Å². The first-order valence-corrected chi connectivity index (χ1v) is 10.7. The van der Waals surface area contributed by atoms with Gasteiger partial charge >= 0.3 is 5.97 Å². The van der Waals surface area contributed by atoms with Gasteiger partial charge in [0.2, 0.25) is 5.88 Å². The lowest BCUT2D eigenvalue weighted by Crippen LogP contribution is -2.12. The van der Waals surface area contributed by atoms with Gasteiger partial charge in [-0.05, 0) is 49.2 Å². The number of nitrogens with zero attached hydrogens (tertiary/aromatic N) is 1. The molecule has 3 rings (SSSR count). The Morgan fingerprint density at radius 1 is 1.09 bits per heavy atom. The molecule has 8 heteroatoms. The quantitative estimate of drug-likeness (QED) is 0.408. The van der Waals surface area contributed by atoms with Crippen LogP contribution in [0.3, 0.4) is 0 Å². The zero-order chi connectivity index (χ0) is 23.1. The summed E-state index contributed by atoms with van der Waals surface area (Å²) in [5.41, 5.74) is 4.35. The van der Waals surface area contributed by atoms with Crippen LogP contribution in [0.25, 0.3) is 11.3 Å². The molecule has 0 amide bonds. The number of hydrogen-bond donors (Lipinski definition) is 1. The third kappa shape index (κ3) is 6.05. The molecule has 6 nitrogen and oxygen atoms in total. The number of esters is 1. The molecule has 0 aliphatic carbocycles. The van der Waals surface area contributed by atoms with Crippen LogP contribution in [0.4, 0.5) is 5.69 Å². The maximum absolute atomic E-state index is 11.3. The van der Waals surface area contributed by atoms with Crippen molar-refractivity contribution in [2.24, 2.45) is 0 Å². The summed E-state index contributed by atoms with van der Waals surface area (Å²) >= 11 is 12.3. The van der Waals surface area contributed by atoms with Crippen molar-refractivity contribution in [1.82, 2.24) is 4.98 Å². The molecule has 0 atom stereocenters. The molecule has 0 aliphatic rings. The fraction of sp³-hybridized carbons (Fsp3) is 0.250. The van der Waals surface area contributed by atoms with Crippen molar-refractivity contribution in [2.45, 2.75) is 13.3 Å². The molecule has 0 fully saturated rings. The number of anilines is 1. The Bertz CT molecular complexity index is 1110. The lowest BCUT2D eigenvalue weighted by Gasteiger charge is -2.15. The molecular formula is C24H24Cl2N2O4. The van der Waals surface area contributed by atoms with Crippen LogP contribution in [-0.4, -0.2) is 38.3 Å². The molecule has 0 saturated carbocycles. The van der Waals surface area contributed by atoms with Gasteiger partial charge in [-0.15, -0.1) is 0 Å². The SMILES string of the molecule is COC(=O)COc1cccc(-c2cc(NCCc3ccc(Cl)cc3Cl)c(C)c(OC)n2)c1. The number of carbonyl (C=O) groups excluding carboxylic acids is 1. The molecule has 0 saturated heterocycles. The van der Waals surface area contributed by atoms with E-state index >= 15 is 0 Å². The highest BCUT2D eigenvalue weighted by Crippen LogP contribution is 2.31. The molecule has 1 heterocycles. The van der Waals surface area contributed by atoms with Crippen LogP contribution in [0.15, 0.2) is 48.5 Å². The predicted octanol–water partition coefficient (Wildman–Crippen LogP) is 5.58. The van der Waals surface area contributed by atoms with Crippen molar-refractivity contribution in [2.75, 3.05) is 32.7 Å². The van der Waals surface area contributed by atoms with Crippen LogP contribution in [0, 0.1) is 6.92 Å². The minimum atomic E-state index is -0.446.